The number of methoxy groups -OCH3 is 2. The third kappa shape index (κ3) is 4.35. The van der Waals surface area contributed by atoms with Crippen LogP contribution in [0.4, 0.5) is 5.69 Å². The van der Waals surface area contributed by atoms with Crippen LogP contribution in [-0.2, 0) is 4.79 Å². The minimum atomic E-state index is -0.718. The van der Waals surface area contributed by atoms with E-state index < -0.39 is 10.9 Å². The first-order chi connectivity index (χ1) is 11.5. The summed E-state index contributed by atoms with van der Waals surface area (Å²) >= 11 is 0. The van der Waals surface area contributed by atoms with Gasteiger partial charge in [0, 0.05) is 6.07 Å². The Morgan fingerprint density at radius 2 is 1.67 bits per heavy atom. The number of nitro benzene ring substituents is 1. The molecule has 8 nitrogen and oxygen atoms in total. The van der Waals surface area contributed by atoms with E-state index in [2.05, 4.69) is 0 Å². The van der Waals surface area contributed by atoms with Crippen molar-refractivity contribution in [2.75, 3.05) is 20.8 Å². The molecule has 0 radical (unpaired) electrons. The second kappa shape index (κ2) is 7.82. The lowest BCUT2D eigenvalue weighted by Crippen LogP contribution is -2.18. The number of esters is 1. The van der Waals surface area contributed by atoms with Gasteiger partial charge in [0.15, 0.2) is 18.1 Å². The number of non-ortho nitro benzene ring substituents is 1. The maximum absolute atomic E-state index is 11.9. The molecule has 0 bridgehead atoms. The summed E-state index contributed by atoms with van der Waals surface area (Å²) < 4.78 is 20.4. The zero-order chi connectivity index (χ0) is 17.5. The number of nitrogens with zero attached hydrogens (tertiary/aromatic N) is 1. The average Bonchev–Trinajstić information content (AvgIpc) is 2.60. The molecule has 0 aliphatic heterocycles. The van der Waals surface area contributed by atoms with E-state index in [1.165, 1.54) is 19.2 Å². The van der Waals surface area contributed by atoms with Crippen LogP contribution in [0.15, 0.2) is 42.5 Å². The Morgan fingerprint density at radius 1 is 1.00 bits per heavy atom. The highest BCUT2D eigenvalue weighted by molar-refractivity contribution is 5.75. The zero-order valence-electron chi connectivity index (χ0n) is 13.1. The second-order valence-corrected chi connectivity index (χ2v) is 4.53. The lowest BCUT2D eigenvalue weighted by Gasteiger charge is -2.10. The largest absolute Gasteiger partial charge is 0.497 e. The predicted molar refractivity (Wildman–Crippen MR) is 83.8 cm³/mol. The number of carbonyl (C=O) groups is 1. The minimum Gasteiger partial charge on any atom is -0.497 e. The molecule has 0 aliphatic rings. The second-order valence-electron chi connectivity index (χ2n) is 4.53. The van der Waals surface area contributed by atoms with Gasteiger partial charge in [0.25, 0.3) is 5.69 Å². The Hall–Kier alpha value is -3.29. The predicted octanol–water partition coefficient (Wildman–Crippen LogP) is 2.60. The number of ether oxygens (including phenoxy) is 4. The summed E-state index contributed by atoms with van der Waals surface area (Å²) in [4.78, 5) is 22.1. The van der Waals surface area contributed by atoms with E-state index in [1.807, 2.05) is 0 Å². The van der Waals surface area contributed by atoms with E-state index in [4.69, 9.17) is 18.9 Å². The molecular formula is C16H15NO7. The maximum atomic E-state index is 11.9. The van der Waals surface area contributed by atoms with Gasteiger partial charge in [0.1, 0.15) is 11.5 Å². The molecule has 24 heavy (non-hydrogen) atoms. The van der Waals surface area contributed by atoms with Gasteiger partial charge in [-0.05, 0) is 30.3 Å². The van der Waals surface area contributed by atoms with Gasteiger partial charge in [-0.15, -0.1) is 0 Å². The van der Waals surface area contributed by atoms with Crippen molar-refractivity contribution in [1.82, 2.24) is 0 Å². The van der Waals surface area contributed by atoms with E-state index in [9.17, 15) is 14.9 Å². The molecule has 0 heterocycles. The number of benzene rings is 2. The number of hydrogen-bond acceptors (Lipinski definition) is 7. The highest BCUT2D eigenvalue weighted by Crippen LogP contribution is 2.31. The maximum Gasteiger partial charge on any atom is 0.349 e. The summed E-state index contributed by atoms with van der Waals surface area (Å²) in [6, 6.07) is 10.4. The van der Waals surface area contributed by atoms with Gasteiger partial charge < -0.3 is 18.9 Å². The Balaban J connectivity index is 2.00. The molecule has 0 fully saturated rings. The minimum absolute atomic E-state index is 0.0463. The number of nitro groups is 1. The van der Waals surface area contributed by atoms with Crippen LogP contribution in [0.1, 0.15) is 0 Å². The van der Waals surface area contributed by atoms with E-state index in [0.29, 0.717) is 11.5 Å². The monoisotopic (exact) mass is 333 g/mol. The number of rotatable bonds is 7. The highest BCUT2D eigenvalue weighted by atomic mass is 16.6. The lowest BCUT2D eigenvalue weighted by atomic mass is 10.3. The van der Waals surface area contributed by atoms with Crippen LogP contribution >= 0.6 is 0 Å². The van der Waals surface area contributed by atoms with E-state index in [-0.39, 0.29) is 23.8 Å². The smallest absolute Gasteiger partial charge is 0.349 e. The quantitative estimate of drug-likeness (QED) is 0.332. The molecule has 0 amide bonds. The van der Waals surface area contributed by atoms with Gasteiger partial charge in [-0.2, -0.15) is 0 Å². The van der Waals surface area contributed by atoms with Gasteiger partial charge in [-0.3, -0.25) is 10.1 Å². The SMILES string of the molecule is COc1ccc(OCC(=O)Oc2cc([N+](=O)[O-])ccc2OC)cc1. The van der Waals surface area contributed by atoms with Crippen molar-refractivity contribution in [3.8, 4) is 23.0 Å². The van der Waals surface area contributed by atoms with Crippen LogP contribution in [0.5, 0.6) is 23.0 Å². The summed E-state index contributed by atoms with van der Waals surface area (Å²) in [7, 11) is 2.91. The van der Waals surface area contributed by atoms with Crippen LogP contribution < -0.4 is 18.9 Å². The average molecular weight is 333 g/mol. The normalized spacial score (nSPS) is 9.92. The molecule has 0 aliphatic carbocycles. The fourth-order valence-corrected chi connectivity index (χ4v) is 1.83. The first kappa shape index (κ1) is 17.1. The first-order valence-corrected chi connectivity index (χ1v) is 6.83. The summed E-state index contributed by atoms with van der Waals surface area (Å²) in [5, 5.41) is 10.8. The summed E-state index contributed by atoms with van der Waals surface area (Å²) in [5.74, 6) is 0.558. The Bertz CT molecular complexity index is 728. The van der Waals surface area contributed by atoms with Crippen molar-refractivity contribution in [1.29, 1.82) is 0 Å². The molecule has 2 aromatic carbocycles. The molecule has 126 valence electrons. The van der Waals surface area contributed by atoms with Gasteiger partial charge in [-0.1, -0.05) is 0 Å². The topological polar surface area (TPSA) is 97.1 Å². The van der Waals surface area contributed by atoms with Crippen molar-refractivity contribution in [2.45, 2.75) is 0 Å². The van der Waals surface area contributed by atoms with Crippen LogP contribution in [0, 0.1) is 10.1 Å². The Kier molecular flexibility index (Phi) is 5.56. The fraction of sp³-hybridized carbons (Fsp3) is 0.188. The molecule has 0 saturated heterocycles. The Morgan fingerprint density at radius 3 is 2.25 bits per heavy atom. The van der Waals surface area contributed by atoms with Crippen LogP contribution in [0.25, 0.3) is 0 Å². The molecule has 0 aromatic heterocycles. The van der Waals surface area contributed by atoms with Gasteiger partial charge in [-0.25, -0.2) is 4.79 Å². The fourth-order valence-electron chi connectivity index (χ4n) is 1.83. The van der Waals surface area contributed by atoms with Gasteiger partial charge >= 0.3 is 5.97 Å². The van der Waals surface area contributed by atoms with Crippen molar-refractivity contribution in [3.05, 3.63) is 52.6 Å². The van der Waals surface area contributed by atoms with Crippen LogP contribution in [-0.4, -0.2) is 31.7 Å². The van der Waals surface area contributed by atoms with Crippen LogP contribution in [0.3, 0.4) is 0 Å². The van der Waals surface area contributed by atoms with Gasteiger partial charge in [0.05, 0.1) is 25.2 Å². The highest BCUT2D eigenvalue weighted by Gasteiger charge is 2.16. The molecule has 0 unspecified atom stereocenters. The molecule has 0 N–H and O–H groups in total. The van der Waals surface area contributed by atoms with E-state index in [1.54, 1.807) is 31.4 Å². The van der Waals surface area contributed by atoms with Crippen molar-refractivity contribution >= 4 is 11.7 Å². The lowest BCUT2D eigenvalue weighted by molar-refractivity contribution is -0.384. The zero-order valence-corrected chi connectivity index (χ0v) is 13.1. The standard InChI is InChI=1S/C16H15NO7/c1-21-12-4-6-13(7-5-12)23-10-16(18)24-15-9-11(17(19)20)3-8-14(15)22-2/h3-9H,10H2,1-2H3. The van der Waals surface area contributed by atoms with Crippen LogP contribution in [0.2, 0.25) is 0 Å². The van der Waals surface area contributed by atoms with Crippen molar-refractivity contribution in [2.24, 2.45) is 0 Å². The molecule has 0 spiro atoms. The number of hydrogen-bond donors (Lipinski definition) is 0. The molecule has 8 heteroatoms. The molecule has 2 aromatic rings. The van der Waals surface area contributed by atoms with Crippen molar-refractivity contribution in [3.63, 3.8) is 0 Å². The number of carbonyl (C=O) groups excluding carboxylic acids is 1. The first-order valence-electron chi connectivity index (χ1n) is 6.83. The molecule has 0 saturated carbocycles. The molecular weight excluding hydrogens is 318 g/mol. The summed E-state index contributed by atoms with van der Waals surface area (Å²) in [6.45, 7) is -0.363. The molecule has 2 rings (SSSR count). The van der Waals surface area contributed by atoms with Gasteiger partial charge in [0.2, 0.25) is 0 Å². The molecule has 0 atom stereocenters. The third-order valence-electron chi connectivity index (χ3n) is 3.00. The summed E-state index contributed by atoms with van der Waals surface area (Å²) in [6.07, 6.45) is 0. The third-order valence-corrected chi connectivity index (χ3v) is 3.00. The van der Waals surface area contributed by atoms with E-state index >= 15 is 0 Å². The van der Waals surface area contributed by atoms with Crippen molar-refractivity contribution < 1.29 is 28.7 Å². The van der Waals surface area contributed by atoms with E-state index in [0.717, 1.165) is 6.07 Å². The summed E-state index contributed by atoms with van der Waals surface area (Å²) in [5.41, 5.74) is -0.213. The Labute approximate surface area is 137 Å².